The summed E-state index contributed by atoms with van der Waals surface area (Å²) in [5.74, 6) is 0.732. The fourth-order valence-corrected chi connectivity index (χ4v) is 3.80. The van der Waals surface area contributed by atoms with Gasteiger partial charge in [-0.1, -0.05) is 17.4 Å². The predicted molar refractivity (Wildman–Crippen MR) is 93.5 cm³/mol. The van der Waals surface area contributed by atoms with Gasteiger partial charge in [0.15, 0.2) is 4.80 Å². The minimum Gasteiger partial charge on any atom is -0.494 e. The van der Waals surface area contributed by atoms with Gasteiger partial charge in [0.25, 0.3) is 0 Å². The molecule has 122 valence electrons. The first-order chi connectivity index (χ1) is 11.2. The van der Waals surface area contributed by atoms with Gasteiger partial charge in [-0.05, 0) is 30.9 Å². The molecule has 1 aliphatic heterocycles. The molecule has 0 saturated heterocycles. The smallest absolute Gasteiger partial charge is 0.317 e. The van der Waals surface area contributed by atoms with Crippen molar-refractivity contribution in [1.82, 2.24) is 4.57 Å². The van der Waals surface area contributed by atoms with Crippen molar-refractivity contribution < 1.29 is 14.3 Å². The van der Waals surface area contributed by atoms with E-state index >= 15 is 0 Å². The number of carbonyl (C=O) groups is 1. The van der Waals surface area contributed by atoms with Gasteiger partial charge in [0.2, 0.25) is 5.76 Å². The molecule has 2 aromatic rings. The summed E-state index contributed by atoms with van der Waals surface area (Å²) in [7, 11) is 0. The number of aryl methyl sites for hydroxylation is 2. The van der Waals surface area contributed by atoms with Crippen LogP contribution in [0.15, 0.2) is 35.2 Å². The largest absolute Gasteiger partial charge is 0.494 e. The molecular weight excluding hydrogens is 332 g/mol. The molecule has 0 radical (unpaired) electrons. The number of rotatable bonds is 4. The Labute approximate surface area is 142 Å². The second-order valence-corrected chi connectivity index (χ2v) is 7.11. The van der Waals surface area contributed by atoms with Gasteiger partial charge in [-0.2, -0.15) is 16.8 Å². The van der Waals surface area contributed by atoms with Crippen LogP contribution in [0.1, 0.15) is 5.56 Å². The predicted octanol–water partition coefficient (Wildman–Crippen LogP) is 2.69. The van der Waals surface area contributed by atoms with Gasteiger partial charge < -0.3 is 14.0 Å². The van der Waals surface area contributed by atoms with Crippen LogP contribution in [-0.2, 0) is 20.8 Å². The van der Waals surface area contributed by atoms with Crippen molar-refractivity contribution in [3.63, 3.8) is 0 Å². The van der Waals surface area contributed by atoms with E-state index in [4.69, 9.17) is 9.47 Å². The molecular formula is C16H18N2O3S2. The van der Waals surface area contributed by atoms with Crippen molar-refractivity contribution in [2.75, 3.05) is 25.2 Å². The first-order valence-corrected chi connectivity index (χ1v) is 9.52. The Morgan fingerprint density at radius 2 is 2.30 bits per heavy atom. The molecule has 2 heterocycles. The first-order valence-electron chi connectivity index (χ1n) is 7.31. The van der Waals surface area contributed by atoms with Crippen LogP contribution >= 0.6 is 23.1 Å². The maximum Gasteiger partial charge on any atom is 0.317 e. The number of amides is 1. The normalized spacial score (nSPS) is 15.2. The summed E-state index contributed by atoms with van der Waals surface area (Å²) < 4.78 is 13.7. The Morgan fingerprint density at radius 1 is 1.43 bits per heavy atom. The maximum absolute atomic E-state index is 12.3. The van der Waals surface area contributed by atoms with Crippen LogP contribution in [0.3, 0.4) is 0 Å². The highest BCUT2D eigenvalue weighted by Crippen LogP contribution is 2.19. The van der Waals surface area contributed by atoms with E-state index in [9.17, 15) is 4.79 Å². The van der Waals surface area contributed by atoms with Crippen molar-refractivity contribution in [3.8, 4) is 0 Å². The van der Waals surface area contributed by atoms with Gasteiger partial charge in [0.05, 0.1) is 10.2 Å². The Bertz CT molecular complexity index is 820. The molecule has 0 aliphatic carbocycles. The molecule has 0 spiro atoms. The zero-order valence-electron chi connectivity index (χ0n) is 13.1. The highest BCUT2D eigenvalue weighted by molar-refractivity contribution is 7.98. The highest BCUT2D eigenvalue weighted by Gasteiger charge is 2.15. The molecule has 1 aromatic heterocycles. The topological polar surface area (TPSA) is 52.8 Å². The lowest BCUT2D eigenvalue weighted by Gasteiger charge is -2.12. The average molecular weight is 350 g/mol. The lowest BCUT2D eigenvalue weighted by Crippen LogP contribution is -2.20. The van der Waals surface area contributed by atoms with Crippen LogP contribution in [0.5, 0.6) is 0 Å². The van der Waals surface area contributed by atoms with Crippen molar-refractivity contribution in [2.24, 2.45) is 4.99 Å². The summed E-state index contributed by atoms with van der Waals surface area (Å²) in [5, 5.41) is 0. The molecule has 0 fully saturated rings. The second-order valence-electron chi connectivity index (χ2n) is 5.12. The van der Waals surface area contributed by atoms with Crippen LogP contribution in [-0.4, -0.2) is 35.7 Å². The summed E-state index contributed by atoms with van der Waals surface area (Å²) in [5.41, 5.74) is 2.30. The first kappa shape index (κ1) is 16.1. The SMILES string of the molecule is CSCCn1c(=NC(=O)C2=COCCO2)sc2cc(C)ccc21. The minimum atomic E-state index is -0.397. The molecule has 1 aromatic carbocycles. The van der Waals surface area contributed by atoms with E-state index in [1.807, 2.05) is 0 Å². The van der Waals surface area contributed by atoms with Crippen molar-refractivity contribution in [1.29, 1.82) is 0 Å². The zero-order chi connectivity index (χ0) is 16.2. The van der Waals surface area contributed by atoms with Gasteiger partial charge in [-0.3, -0.25) is 4.79 Å². The zero-order valence-corrected chi connectivity index (χ0v) is 14.7. The van der Waals surface area contributed by atoms with Crippen LogP contribution < -0.4 is 4.80 Å². The maximum atomic E-state index is 12.3. The molecule has 23 heavy (non-hydrogen) atoms. The molecule has 3 rings (SSSR count). The van der Waals surface area contributed by atoms with E-state index in [-0.39, 0.29) is 5.76 Å². The average Bonchev–Trinajstić information content (AvgIpc) is 2.89. The molecule has 0 saturated carbocycles. The quantitative estimate of drug-likeness (QED) is 0.851. The Balaban J connectivity index is 2.05. The minimum absolute atomic E-state index is 0.168. The fourth-order valence-electron chi connectivity index (χ4n) is 2.29. The van der Waals surface area contributed by atoms with Gasteiger partial charge in [-0.25, -0.2) is 0 Å². The number of fused-ring (bicyclic) bond motifs is 1. The lowest BCUT2D eigenvalue weighted by atomic mass is 10.2. The number of nitrogens with zero attached hydrogens (tertiary/aromatic N) is 2. The molecule has 0 unspecified atom stereocenters. The highest BCUT2D eigenvalue weighted by atomic mass is 32.2. The van der Waals surface area contributed by atoms with E-state index in [1.54, 1.807) is 11.8 Å². The Morgan fingerprint density at radius 3 is 3.04 bits per heavy atom. The number of carbonyl (C=O) groups excluding carboxylic acids is 1. The van der Waals surface area contributed by atoms with E-state index in [2.05, 4.69) is 40.9 Å². The molecule has 5 nitrogen and oxygen atoms in total. The van der Waals surface area contributed by atoms with Crippen molar-refractivity contribution >= 4 is 39.2 Å². The summed E-state index contributed by atoms with van der Waals surface area (Å²) in [6.45, 7) is 3.72. The van der Waals surface area contributed by atoms with Gasteiger partial charge in [-0.15, -0.1) is 0 Å². The molecule has 0 N–H and O–H groups in total. The molecule has 0 atom stereocenters. The summed E-state index contributed by atoms with van der Waals surface area (Å²) in [4.78, 5) is 17.2. The van der Waals surface area contributed by atoms with Gasteiger partial charge in [0, 0.05) is 12.3 Å². The Kier molecular flexibility index (Phi) is 5.07. The summed E-state index contributed by atoms with van der Waals surface area (Å²) in [6, 6.07) is 6.29. The number of hydrogen-bond acceptors (Lipinski definition) is 5. The third-order valence-electron chi connectivity index (χ3n) is 3.41. The third-order valence-corrected chi connectivity index (χ3v) is 5.05. The van der Waals surface area contributed by atoms with Crippen LogP contribution in [0.4, 0.5) is 0 Å². The summed E-state index contributed by atoms with van der Waals surface area (Å²) >= 11 is 3.29. The number of hydrogen-bond donors (Lipinski definition) is 0. The molecule has 0 bridgehead atoms. The van der Waals surface area contributed by atoms with Crippen LogP contribution in [0.2, 0.25) is 0 Å². The van der Waals surface area contributed by atoms with E-state index < -0.39 is 5.91 Å². The molecule has 1 amide bonds. The van der Waals surface area contributed by atoms with Crippen LogP contribution in [0.25, 0.3) is 10.2 Å². The van der Waals surface area contributed by atoms with Crippen LogP contribution in [0, 0.1) is 6.92 Å². The number of thioether (sulfide) groups is 1. The number of ether oxygens (including phenoxy) is 2. The van der Waals surface area contributed by atoms with Gasteiger partial charge in [0.1, 0.15) is 19.5 Å². The fraction of sp³-hybridized carbons (Fsp3) is 0.375. The van der Waals surface area contributed by atoms with E-state index in [1.165, 1.54) is 23.2 Å². The van der Waals surface area contributed by atoms with E-state index in [0.717, 1.165) is 22.5 Å². The standard InChI is InChI=1S/C16H18N2O3S2/c1-11-3-4-12-14(9-11)23-16(18(12)5-8-22-2)17-15(19)13-10-20-6-7-21-13/h3-4,9-10H,5-8H2,1-2H3. The number of aromatic nitrogens is 1. The number of thiazole rings is 1. The third kappa shape index (κ3) is 3.61. The lowest BCUT2D eigenvalue weighted by molar-refractivity contribution is -0.119. The Hall–Kier alpha value is -1.73. The van der Waals surface area contributed by atoms with Crippen molar-refractivity contribution in [3.05, 3.63) is 40.6 Å². The summed E-state index contributed by atoms with van der Waals surface area (Å²) in [6.07, 6.45) is 3.41. The second kappa shape index (κ2) is 7.23. The molecule has 7 heteroatoms. The monoisotopic (exact) mass is 350 g/mol. The van der Waals surface area contributed by atoms with Gasteiger partial charge >= 0.3 is 5.91 Å². The number of benzene rings is 1. The van der Waals surface area contributed by atoms with Crippen molar-refractivity contribution in [2.45, 2.75) is 13.5 Å². The van der Waals surface area contributed by atoms with E-state index in [0.29, 0.717) is 18.0 Å². The molecule has 1 aliphatic rings.